The Morgan fingerprint density at radius 2 is 1.80 bits per heavy atom. The summed E-state index contributed by atoms with van der Waals surface area (Å²) in [7, 11) is 0. The average Bonchev–Trinajstić information content (AvgIpc) is 2.39. The minimum atomic E-state index is -0.807. The van der Waals surface area contributed by atoms with Crippen LogP contribution in [0.3, 0.4) is 0 Å². The van der Waals surface area contributed by atoms with Crippen molar-refractivity contribution in [3.05, 3.63) is 35.6 Å². The molecular formula is C16H21FO3. The number of halogens is 1. The molecule has 0 amide bonds. The Bertz CT molecular complexity index is 449. The first-order chi connectivity index (χ1) is 9.51. The van der Waals surface area contributed by atoms with E-state index in [1.807, 2.05) is 0 Å². The first-order valence-electron chi connectivity index (χ1n) is 7.16. The van der Waals surface area contributed by atoms with Crippen LogP contribution in [-0.2, 0) is 4.79 Å². The zero-order valence-corrected chi connectivity index (χ0v) is 11.5. The number of benzene rings is 1. The van der Waals surface area contributed by atoms with Crippen LogP contribution in [0.15, 0.2) is 24.3 Å². The van der Waals surface area contributed by atoms with Gasteiger partial charge in [0.25, 0.3) is 0 Å². The number of carboxylic acid groups (broad SMARTS) is 1. The Labute approximate surface area is 118 Å². The van der Waals surface area contributed by atoms with E-state index in [-0.39, 0.29) is 17.7 Å². The minimum Gasteiger partial charge on any atom is -0.481 e. The molecule has 0 bridgehead atoms. The highest BCUT2D eigenvalue weighted by atomic mass is 19.1. The van der Waals surface area contributed by atoms with Crippen molar-refractivity contribution in [2.24, 2.45) is 5.41 Å². The molecule has 1 aromatic rings. The number of carboxylic acids is 1. The van der Waals surface area contributed by atoms with Gasteiger partial charge in [0, 0.05) is 0 Å². The quantitative estimate of drug-likeness (QED) is 0.865. The predicted octanol–water partition coefficient (Wildman–Crippen LogP) is 3.67. The van der Waals surface area contributed by atoms with Crippen molar-refractivity contribution in [1.82, 2.24) is 0 Å². The van der Waals surface area contributed by atoms with Crippen molar-refractivity contribution in [3.63, 3.8) is 0 Å². The van der Waals surface area contributed by atoms with Gasteiger partial charge in [0.2, 0.25) is 0 Å². The Hall–Kier alpha value is -1.42. The number of aliphatic hydroxyl groups excluding tert-OH is 1. The summed E-state index contributed by atoms with van der Waals surface area (Å²) in [5.74, 6) is -1.14. The van der Waals surface area contributed by atoms with Gasteiger partial charge in [0.1, 0.15) is 5.82 Å². The van der Waals surface area contributed by atoms with Crippen LogP contribution < -0.4 is 0 Å². The molecule has 0 radical (unpaired) electrons. The van der Waals surface area contributed by atoms with Gasteiger partial charge in [-0.05, 0) is 42.4 Å². The van der Waals surface area contributed by atoms with Gasteiger partial charge in [0.15, 0.2) is 0 Å². The number of hydrogen-bond acceptors (Lipinski definition) is 2. The molecule has 110 valence electrons. The molecule has 1 aliphatic rings. The fourth-order valence-corrected chi connectivity index (χ4v) is 3.29. The Morgan fingerprint density at radius 3 is 2.35 bits per heavy atom. The van der Waals surface area contributed by atoms with Gasteiger partial charge < -0.3 is 10.2 Å². The molecular weight excluding hydrogens is 259 g/mol. The molecule has 3 nitrogen and oxygen atoms in total. The minimum absolute atomic E-state index is 0.102. The zero-order chi connectivity index (χ0) is 14.6. The molecule has 1 saturated carbocycles. The van der Waals surface area contributed by atoms with E-state index >= 15 is 0 Å². The fraction of sp³-hybridized carbons (Fsp3) is 0.562. The summed E-state index contributed by atoms with van der Waals surface area (Å²) >= 11 is 0. The first-order valence-corrected chi connectivity index (χ1v) is 7.16. The van der Waals surface area contributed by atoms with Crippen LogP contribution in [0.1, 0.15) is 56.6 Å². The van der Waals surface area contributed by atoms with Crippen LogP contribution in [-0.4, -0.2) is 16.2 Å². The lowest BCUT2D eigenvalue weighted by Crippen LogP contribution is -2.29. The number of hydrogen-bond donors (Lipinski definition) is 2. The molecule has 1 fully saturated rings. The monoisotopic (exact) mass is 280 g/mol. The maximum absolute atomic E-state index is 12.9. The van der Waals surface area contributed by atoms with Crippen molar-refractivity contribution in [2.45, 2.75) is 51.0 Å². The van der Waals surface area contributed by atoms with Gasteiger partial charge in [-0.25, -0.2) is 4.39 Å². The highest BCUT2D eigenvalue weighted by Crippen LogP contribution is 2.45. The maximum Gasteiger partial charge on any atom is 0.303 e. The van der Waals surface area contributed by atoms with Crippen LogP contribution in [0.5, 0.6) is 0 Å². The second-order valence-corrected chi connectivity index (χ2v) is 5.90. The smallest absolute Gasteiger partial charge is 0.303 e. The maximum atomic E-state index is 12.9. The van der Waals surface area contributed by atoms with Gasteiger partial charge in [-0.3, -0.25) is 4.79 Å². The summed E-state index contributed by atoms with van der Waals surface area (Å²) in [4.78, 5) is 11.1. The van der Waals surface area contributed by atoms with E-state index in [0.717, 1.165) is 32.1 Å². The van der Waals surface area contributed by atoms with Crippen molar-refractivity contribution in [1.29, 1.82) is 0 Å². The van der Waals surface area contributed by atoms with Crippen LogP contribution in [0, 0.1) is 11.2 Å². The second-order valence-electron chi connectivity index (χ2n) is 5.90. The lowest BCUT2D eigenvalue weighted by atomic mass is 9.68. The molecule has 2 rings (SSSR count). The first kappa shape index (κ1) is 15.0. The predicted molar refractivity (Wildman–Crippen MR) is 73.7 cm³/mol. The van der Waals surface area contributed by atoms with Gasteiger partial charge in [0.05, 0.1) is 12.5 Å². The fourth-order valence-electron chi connectivity index (χ4n) is 3.29. The van der Waals surface area contributed by atoms with Crippen molar-refractivity contribution >= 4 is 5.97 Å². The Balaban J connectivity index is 2.10. The highest BCUT2D eigenvalue weighted by molar-refractivity contribution is 5.67. The lowest BCUT2D eigenvalue weighted by Gasteiger charge is -2.37. The molecule has 0 aromatic heterocycles. The summed E-state index contributed by atoms with van der Waals surface area (Å²) in [6.07, 6.45) is 4.67. The van der Waals surface area contributed by atoms with E-state index in [9.17, 15) is 14.3 Å². The van der Waals surface area contributed by atoms with Crippen molar-refractivity contribution < 1.29 is 19.4 Å². The Morgan fingerprint density at radius 1 is 1.20 bits per heavy atom. The van der Waals surface area contributed by atoms with Crippen LogP contribution in [0.2, 0.25) is 0 Å². The van der Waals surface area contributed by atoms with E-state index in [1.54, 1.807) is 12.1 Å². The molecule has 1 aliphatic carbocycles. The van der Waals surface area contributed by atoms with Crippen LogP contribution >= 0.6 is 0 Å². The topological polar surface area (TPSA) is 57.5 Å². The molecule has 0 saturated heterocycles. The van der Waals surface area contributed by atoms with Crippen LogP contribution in [0.4, 0.5) is 4.39 Å². The summed E-state index contributed by atoms with van der Waals surface area (Å²) in [5, 5.41) is 19.4. The number of rotatable bonds is 5. The van der Waals surface area contributed by atoms with E-state index in [2.05, 4.69) is 0 Å². The average molecular weight is 280 g/mol. The van der Waals surface area contributed by atoms with Gasteiger partial charge in [-0.1, -0.05) is 31.4 Å². The third kappa shape index (κ3) is 3.79. The zero-order valence-electron chi connectivity index (χ0n) is 11.5. The van der Waals surface area contributed by atoms with E-state index in [0.29, 0.717) is 12.0 Å². The van der Waals surface area contributed by atoms with Crippen molar-refractivity contribution in [3.8, 4) is 0 Å². The lowest BCUT2D eigenvalue weighted by molar-refractivity contribution is -0.141. The molecule has 4 heteroatoms. The molecule has 0 heterocycles. The molecule has 1 aromatic carbocycles. The third-order valence-corrected chi connectivity index (χ3v) is 4.32. The summed E-state index contributed by atoms with van der Waals surface area (Å²) in [6.45, 7) is 0. The van der Waals surface area contributed by atoms with Crippen molar-refractivity contribution in [2.75, 3.05) is 0 Å². The Kier molecular flexibility index (Phi) is 4.76. The summed E-state index contributed by atoms with van der Waals surface area (Å²) in [6, 6.07) is 5.78. The van der Waals surface area contributed by atoms with E-state index in [4.69, 9.17) is 5.11 Å². The standard InChI is InChI=1S/C16H21FO3/c17-13-6-4-12(5-7-13)14(18)10-16(11-15(19)20)8-2-1-3-9-16/h4-7,14,18H,1-3,8-11H2,(H,19,20). The van der Waals surface area contributed by atoms with Gasteiger partial charge >= 0.3 is 5.97 Å². The SMILES string of the molecule is O=C(O)CC1(CC(O)c2ccc(F)cc2)CCCCC1. The van der Waals surface area contributed by atoms with Gasteiger partial charge in [-0.15, -0.1) is 0 Å². The number of aliphatic hydroxyl groups is 1. The largest absolute Gasteiger partial charge is 0.481 e. The van der Waals surface area contributed by atoms with E-state index in [1.165, 1.54) is 12.1 Å². The molecule has 1 atom stereocenters. The second kappa shape index (κ2) is 6.35. The normalized spacial score (nSPS) is 19.5. The number of aliphatic carboxylic acids is 1. The summed E-state index contributed by atoms with van der Waals surface area (Å²) in [5.41, 5.74) is 0.333. The third-order valence-electron chi connectivity index (χ3n) is 4.32. The number of carbonyl (C=O) groups is 1. The summed E-state index contributed by atoms with van der Waals surface area (Å²) < 4.78 is 12.9. The van der Waals surface area contributed by atoms with E-state index < -0.39 is 12.1 Å². The molecule has 20 heavy (non-hydrogen) atoms. The van der Waals surface area contributed by atoms with Crippen LogP contribution in [0.25, 0.3) is 0 Å². The molecule has 0 aliphatic heterocycles. The molecule has 2 N–H and O–H groups in total. The molecule has 1 unspecified atom stereocenters. The van der Waals surface area contributed by atoms with Gasteiger partial charge in [-0.2, -0.15) is 0 Å². The highest BCUT2D eigenvalue weighted by Gasteiger charge is 2.36. The molecule has 0 spiro atoms.